The van der Waals surface area contributed by atoms with E-state index in [1.807, 2.05) is 18.2 Å². The van der Waals surface area contributed by atoms with E-state index in [0.29, 0.717) is 5.92 Å². The van der Waals surface area contributed by atoms with E-state index in [9.17, 15) is 0 Å². The largest absolute Gasteiger partial charge is 0.396 e. The van der Waals surface area contributed by atoms with Gasteiger partial charge < -0.3 is 9.84 Å². The van der Waals surface area contributed by atoms with Gasteiger partial charge in [0.2, 0.25) is 0 Å². The van der Waals surface area contributed by atoms with Gasteiger partial charge in [-0.2, -0.15) is 0 Å². The minimum atomic E-state index is 0.182. The first-order valence-electron chi connectivity index (χ1n) is 5.17. The summed E-state index contributed by atoms with van der Waals surface area (Å²) in [6.45, 7) is 1.05. The first-order chi connectivity index (χ1) is 6.90. The van der Waals surface area contributed by atoms with Crippen molar-refractivity contribution < 1.29 is 9.84 Å². The van der Waals surface area contributed by atoms with E-state index in [1.165, 1.54) is 5.56 Å². The molecule has 1 aliphatic rings. The Morgan fingerprint density at radius 2 is 2.07 bits per heavy atom. The standard InChI is InChI=1S/C12H16O2/c13-9-10-6-7-14-12(8-10)11-4-2-1-3-5-11/h1-5,10,12-13H,6-9H2. The molecule has 1 heterocycles. The van der Waals surface area contributed by atoms with Crippen LogP contribution < -0.4 is 0 Å². The Hall–Kier alpha value is -0.860. The number of rotatable bonds is 2. The van der Waals surface area contributed by atoms with Crippen molar-refractivity contribution >= 4 is 0 Å². The summed E-state index contributed by atoms with van der Waals surface area (Å²) in [5, 5.41) is 9.10. The van der Waals surface area contributed by atoms with Crippen LogP contribution in [-0.2, 0) is 4.74 Å². The monoisotopic (exact) mass is 192 g/mol. The maximum absolute atomic E-state index is 9.10. The summed E-state index contributed by atoms with van der Waals surface area (Å²) in [6, 6.07) is 10.2. The molecule has 1 saturated heterocycles. The molecule has 2 atom stereocenters. The highest BCUT2D eigenvalue weighted by Gasteiger charge is 2.22. The van der Waals surface area contributed by atoms with Crippen LogP contribution in [0.25, 0.3) is 0 Å². The smallest absolute Gasteiger partial charge is 0.0828 e. The Morgan fingerprint density at radius 3 is 2.79 bits per heavy atom. The molecule has 2 nitrogen and oxygen atoms in total. The number of hydrogen-bond acceptors (Lipinski definition) is 2. The highest BCUT2D eigenvalue weighted by molar-refractivity contribution is 5.17. The first-order valence-corrected chi connectivity index (χ1v) is 5.17. The summed E-state index contributed by atoms with van der Waals surface area (Å²) >= 11 is 0. The molecule has 0 amide bonds. The lowest BCUT2D eigenvalue weighted by molar-refractivity contribution is -0.0226. The zero-order chi connectivity index (χ0) is 9.80. The predicted octanol–water partition coefficient (Wildman–Crippen LogP) is 2.15. The molecule has 2 unspecified atom stereocenters. The molecule has 2 heteroatoms. The molecule has 14 heavy (non-hydrogen) atoms. The van der Waals surface area contributed by atoms with Gasteiger partial charge in [0.15, 0.2) is 0 Å². The average molecular weight is 192 g/mol. The molecule has 0 radical (unpaired) electrons. The van der Waals surface area contributed by atoms with Crippen molar-refractivity contribution in [2.24, 2.45) is 5.92 Å². The Bertz CT molecular complexity index is 271. The SMILES string of the molecule is OCC1CCOC(c2ccccc2)C1. The molecule has 1 aromatic carbocycles. The Labute approximate surface area is 84.5 Å². The topological polar surface area (TPSA) is 29.5 Å². The fourth-order valence-electron chi connectivity index (χ4n) is 1.93. The van der Waals surface area contributed by atoms with Crippen LogP contribution in [0, 0.1) is 5.92 Å². The third-order valence-corrected chi connectivity index (χ3v) is 2.82. The Kier molecular flexibility index (Phi) is 3.17. The van der Waals surface area contributed by atoms with Crippen LogP contribution in [0.15, 0.2) is 30.3 Å². The number of aliphatic hydroxyl groups is 1. The third-order valence-electron chi connectivity index (χ3n) is 2.82. The van der Waals surface area contributed by atoms with Crippen molar-refractivity contribution in [3.8, 4) is 0 Å². The maximum Gasteiger partial charge on any atom is 0.0828 e. The number of aliphatic hydroxyl groups excluding tert-OH is 1. The summed E-state index contributed by atoms with van der Waals surface area (Å²) in [6.07, 6.45) is 2.11. The van der Waals surface area contributed by atoms with Crippen LogP contribution in [0.3, 0.4) is 0 Å². The highest BCUT2D eigenvalue weighted by Crippen LogP contribution is 2.30. The van der Waals surface area contributed by atoms with Crippen molar-refractivity contribution in [3.63, 3.8) is 0 Å². The van der Waals surface area contributed by atoms with E-state index in [2.05, 4.69) is 12.1 Å². The van der Waals surface area contributed by atoms with Crippen LogP contribution in [-0.4, -0.2) is 18.3 Å². The van der Waals surface area contributed by atoms with Crippen molar-refractivity contribution in [3.05, 3.63) is 35.9 Å². The first kappa shape index (κ1) is 9.69. The molecule has 0 spiro atoms. The van der Waals surface area contributed by atoms with Gasteiger partial charge in [-0.15, -0.1) is 0 Å². The van der Waals surface area contributed by atoms with Crippen molar-refractivity contribution in [2.45, 2.75) is 18.9 Å². The minimum Gasteiger partial charge on any atom is -0.396 e. The molecule has 1 aromatic rings. The summed E-state index contributed by atoms with van der Waals surface area (Å²) < 4.78 is 5.68. The van der Waals surface area contributed by atoms with Crippen molar-refractivity contribution in [1.82, 2.24) is 0 Å². The number of ether oxygens (including phenoxy) is 1. The molecule has 76 valence electrons. The van der Waals surface area contributed by atoms with E-state index in [-0.39, 0.29) is 12.7 Å². The van der Waals surface area contributed by atoms with Gasteiger partial charge in [-0.1, -0.05) is 30.3 Å². The highest BCUT2D eigenvalue weighted by atomic mass is 16.5. The average Bonchev–Trinajstić information content (AvgIpc) is 2.30. The van der Waals surface area contributed by atoms with Gasteiger partial charge >= 0.3 is 0 Å². The van der Waals surface area contributed by atoms with Gasteiger partial charge in [0.25, 0.3) is 0 Å². The molecule has 2 rings (SSSR count). The summed E-state index contributed by atoms with van der Waals surface area (Å²) in [5.74, 6) is 0.411. The Morgan fingerprint density at radius 1 is 1.29 bits per heavy atom. The second-order valence-corrected chi connectivity index (χ2v) is 3.84. The fraction of sp³-hybridized carbons (Fsp3) is 0.500. The van der Waals surface area contributed by atoms with Crippen LogP contribution in [0.1, 0.15) is 24.5 Å². The second-order valence-electron chi connectivity index (χ2n) is 3.84. The second kappa shape index (κ2) is 4.58. The van der Waals surface area contributed by atoms with Crippen LogP contribution >= 0.6 is 0 Å². The zero-order valence-electron chi connectivity index (χ0n) is 8.23. The molecular weight excluding hydrogens is 176 g/mol. The third kappa shape index (κ3) is 2.14. The molecule has 0 aliphatic carbocycles. The van der Waals surface area contributed by atoms with Crippen molar-refractivity contribution in [1.29, 1.82) is 0 Å². The van der Waals surface area contributed by atoms with E-state index in [1.54, 1.807) is 0 Å². The maximum atomic E-state index is 9.10. The van der Waals surface area contributed by atoms with E-state index >= 15 is 0 Å². The van der Waals surface area contributed by atoms with E-state index in [0.717, 1.165) is 19.4 Å². The van der Waals surface area contributed by atoms with Gasteiger partial charge in [0.1, 0.15) is 0 Å². The lowest BCUT2D eigenvalue weighted by atomic mass is 9.93. The van der Waals surface area contributed by atoms with Gasteiger partial charge in [0, 0.05) is 13.2 Å². The number of benzene rings is 1. The lowest BCUT2D eigenvalue weighted by Crippen LogP contribution is -2.22. The van der Waals surface area contributed by atoms with E-state index in [4.69, 9.17) is 9.84 Å². The summed E-state index contributed by atoms with van der Waals surface area (Å²) in [4.78, 5) is 0. The van der Waals surface area contributed by atoms with Crippen LogP contribution in [0.2, 0.25) is 0 Å². The van der Waals surface area contributed by atoms with Gasteiger partial charge in [-0.25, -0.2) is 0 Å². The molecular formula is C12H16O2. The van der Waals surface area contributed by atoms with Gasteiger partial charge in [0.05, 0.1) is 6.10 Å². The molecule has 0 bridgehead atoms. The molecule has 0 saturated carbocycles. The normalized spacial score (nSPS) is 27.5. The zero-order valence-corrected chi connectivity index (χ0v) is 8.23. The predicted molar refractivity (Wildman–Crippen MR) is 54.9 cm³/mol. The van der Waals surface area contributed by atoms with Crippen molar-refractivity contribution in [2.75, 3.05) is 13.2 Å². The molecule has 0 aromatic heterocycles. The van der Waals surface area contributed by atoms with E-state index < -0.39 is 0 Å². The lowest BCUT2D eigenvalue weighted by Gasteiger charge is -2.28. The van der Waals surface area contributed by atoms with Crippen LogP contribution in [0.4, 0.5) is 0 Å². The van der Waals surface area contributed by atoms with Gasteiger partial charge in [-0.05, 0) is 24.3 Å². The van der Waals surface area contributed by atoms with Crippen LogP contribution in [0.5, 0.6) is 0 Å². The minimum absolute atomic E-state index is 0.182. The number of hydrogen-bond donors (Lipinski definition) is 1. The molecule has 1 fully saturated rings. The Balaban J connectivity index is 2.04. The fourth-order valence-corrected chi connectivity index (χ4v) is 1.93. The summed E-state index contributed by atoms with van der Waals surface area (Å²) in [7, 11) is 0. The quantitative estimate of drug-likeness (QED) is 0.778. The molecule has 1 N–H and O–H groups in total. The van der Waals surface area contributed by atoms with Gasteiger partial charge in [-0.3, -0.25) is 0 Å². The molecule has 1 aliphatic heterocycles. The summed E-state index contributed by atoms with van der Waals surface area (Å²) in [5.41, 5.74) is 1.23.